The van der Waals surface area contributed by atoms with Crippen LogP contribution in [0.1, 0.15) is 33.6 Å². The Balaban J connectivity index is 3.08. The Morgan fingerprint density at radius 2 is 1.71 bits per heavy atom. The molecule has 4 heteroatoms. The lowest BCUT2D eigenvalue weighted by Crippen LogP contribution is -2.50. The van der Waals surface area contributed by atoms with E-state index in [1.165, 1.54) is 0 Å². The molecule has 14 heavy (non-hydrogen) atoms. The van der Waals surface area contributed by atoms with Crippen molar-refractivity contribution in [3.8, 4) is 0 Å². The molecule has 0 radical (unpaired) electrons. The lowest BCUT2D eigenvalue weighted by atomic mass is 9.66. The molecule has 1 rings (SSSR count). The molecule has 0 N–H and O–H groups in total. The highest BCUT2D eigenvalue weighted by atomic mass is 16.4. The van der Waals surface area contributed by atoms with Gasteiger partial charge in [-0.15, -0.1) is 0 Å². The van der Waals surface area contributed by atoms with E-state index in [1.54, 1.807) is 20.8 Å². The largest absolute Gasteiger partial charge is 0.550 e. The highest BCUT2D eigenvalue weighted by Crippen LogP contribution is 2.55. The molecule has 0 aliphatic heterocycles. The molecule has 1 saturated carbocycles. The van der Waals surface area contributed by atoms with Crippen molar-refractivity contribution in [2.24, 2.45) is 16.7 Å². The summed E-state index contributed by atoms with van der Waals surface area (Å²) in [5, 5.41) is 21.8. The van der Waals surface area contributed by atoms with Gasteiger partial charge >= 0.3 is 0 Å². The van der Waals surface area contributed by atoms with Crippen molar-refractivity contribution < 1.29 is 19.8 Å². The van der Waals surface area contributed by atoms with E-state index in [4.69, 9.17) is 0 Å². The van der Waals surface area contributed by atoms with Crippen LogP contribution in [0.4, 0.5) is 0 Å². The summed E-state index contributed by atoms with van der Waals surface area (Å²) in [6.45, 7) is 4.85. The highest BCUT2D eigenvalue weighted by molar-refractivity contribution is 5.78. The molecule has 4 nitrogen and oxygen atoms in total. The van der Waals surface area contributed by atoms with Crippen LogP contribution >= 0.6 is 0 Å². The number of hydrogen-bond acceptors (Lipinski definition) is 4. The van der Waals surface area contributed by atoms with Crippen LogP contribution < -0.4 is 10.2 Å². The Labute approximate surface area is 82.9 Å². The average molecular weight is 198 g/mol. The van der Waals surface area contributed by atoms with Crippen molar-refractivity contribution >= 4 is 11.9 Å². The summed E-state index contributed by atoms with van der Waals surface area (Å²) in [5.74, 6) is -3.04. The van der Waals surface area contributed by atoms with Crippen LogP contribution in [0, 0.1) is 16.7 Å². The summed E-state index contributed by atoms with van der Waals surface area (Å²) in [5.41, 5.74) is -1.89. The van der Waals surface area contributed by atoms with Gasteiger partial charge in [0.05, 0.1) is 0 Å². The van der Waals surface area contributed by atoms with E-state index in [1.807, 2.05) is 0 Å². The summed E-state index contributed by atoms with van der Waals surface area (Å²) in [6, 6.07) is 0. The Morgan fingerprint density at radius 3 is 1.93 bits per heavy atom. The second kappa shape index (κ2) is 2.97. The van der Waals surface area contributed by atoms with Gasteiger partial charge in [0.25, 0.3) is 0 Å². The molecule has 0 bridgehead atoms. The standard InChI is InChI=1S/C10H16O4/c1-9(2)6(7(11)12)4-5-10(9,3)8(13)14/h6H,4-5H2,1-3H3,(H,11,12)(H,13,14)/p-2/t6-,10+/m1/s1. The van der Waals surface area contributed by atoms with Crippen molar-refractivity contribution in [1.29, 1.82) is 0 Å². The summed E-state index contributed by atoms with van der Waals surface area (Å²) >= 11 is 0. The first-order chi connectivity index (χ1) is 6.23. The van der Waals surface area contributed by atoms with Gasteiger partial charge in [0, 0.05) is 23.3 Å². The Morgan fingerprint density at radius 1 is 1.21 bits per heavy atom. The van der Waals surface area contributed by atoms with Crippen LogP contribution in [0.3, 0.4) is 0 Å². The van der Waals surface area contributed by atoms with E-state index >= 15 is 0 Å². The fraction of sp³-hybridized carbons (Fsp3) is 0.800. The predicted molar refractivity (Wildman–Crippen MR) is 44.6 cm³/mol. The molecule has 80 valence electrons. The molecule has 0 saturated heterocycles. The van der Waals surface area contributed by atoms with Crippen LogP contribution in [0.15, 0.2) is 0 Å². The van der Waals surface area contributed by atoms with Gasteiger partial charge in [-0.1, -0.05) is 20.8 Å². The van der Waals surface area contributed by atoms with Gasteiger partial charge < -0.3 is 19.8 Å². The lowest BCUT2D eigenvalue weighted by Gasteiger charge is -2.42. The second-order valence-corrected chi connectivity index (χ2v) is 4.75. The molecule has 0 heterocycles. The van der Waals surface area contributed by atoms with Gasteiger partial charge in [-0.3, -0.25) is 0 Å². The van der Waals surface area contributed by atoms with Crippen molar-refractivity contribution in [1.82, 2.24) is 0 Å². The summed E-state index contributed by atoms with van der Waals surface area (Å²) in [7, 11) is 0. The molecule has 0 aromatic carbocycles. The van der Waals surface area contributed by atoms with E-state index in [0.29, 0.717) is 12.8 Å². The molecule has 2 atom stereocenters. The normalized spacial score (nSPS) is 35.5. The fourth-order valence-electron chi connectivity index (χ4n) is 2.28. The number of carbonyl (C=O) groups is 2. The number of rotatable bonds is 2. The molecule has 0 spiro atoms. The maximum absolute atomic E-state index is 11.0. The molecule has 0 aromatic heterocycles. The van der Waals surface area contributed by atoms with Crippen LogP contribution in [-0.4, -0.2) is 11.9 Å². The minimum absolute atomic E-state index is 0.334. The monoisotopic (exact) mass is 198 g/mol. The third-order valence-corrected chi connectivity index (χ3v) is 3.96. The van der Waals surface area contributed by atoms with E-state index in [-0.39, 0.29) is 0 Å². The SMILES string of the molecule is CC1(C)[C@@H](C(=O)[O-])CC[C@@]1(C)C(=O)[O-]. The van der Waals surface area contributed by atoms with E-state index in [9.17, 15) is 19.8 Å². The van der Waals surface area contributed by atoms with Crippen molar-refractivity contribution in [3.63, 3.8) is 0 Å². The predicted octanol–water partition coefficient (Wildman–Crippen LogP) is -1.07. The first kappa shape index (κ1) is 11.0. The molecule has 1 aliphatic carbocycles. The minimum atomic E-state index is -1.17. The van der Waals surface area contributed by atoms with E-state index in [2.05, 4.69) is 0 Å². The van der Waals surface area contributed by atoms with Crippen LogP contribution in [0.2, 0.25) is 0 Å². The Hall–Kier alpha value is -1.06. The van der Waals surface area contributed by atoms with Gasteiger partial charge in [0.15, 0.2) is 0 Å². The van der Waals surface area contributed by atoms with E-state index in [0.717, 1.165) is 0 Å². The van der Waals surface area contributed by atoms with Gasteiger partial charge in [-0.05, 0) is 18.3 Å². The zero-order valence-corrected chi connectivity index (χ0v) is 8.62. The maximum Gasteiger partial charge on any atom is 0.0479 e. The smallest absolute Gasteiger partial charge is 0.0479 e. The number of carbonyl (C=O) groups excluding carboxylic acids is 2. The molecule has 0 unspecified atom stereocenters. The topological polar surface area (TPSA) is 80.3 Å². The van der Waals surface area contributed by atoms with Gasteiger partial charge in [-0.25, -0.2) is 0 Å². The van der Waals surface area contributed by atoms with Gasteiger partial charge in [-0.2, -0.15) is 0 Å². The quantitative estimate of drug-likeness (QED) is 0.565. The van der Waals surface area contributed by atoms with Crippen LogP contribution in [0.25, 0.3) is 0 Å². The van der Waals surface area contributed by atoms with Crippen molar-refractivity contribution in [2.45, 2.75) is 33.6 Å². The number of carboxylic acid groups (broad SMARTS) is 2. The number of aliphatic carboxylic acids is 2. The Kier molecular flexibility index (Phi) is 2.34. The van der Waals surface area contributed by atoms with Crippen LogP contribution in [-0.2, 0) is 9.59 Å². The van der Waals surface area contributed by atoms with E-state index < -0.39 is 28.7 Å². The third kappa shape index (κ3) is 1.21. The number of carboxylic acids is 2. The van der Waals surface area contributed by atoms with Gasteiger partial charge in [0.2, 0.25) is 0 Å². The zero-order chi connectivity index (χ0) is 11.1. The molecule has 1 fully saturated rings. The first-order valence-corrected chi connectivity index (χ1v) is 4.66. The molecule has 0 amide bonds. The maximum atomic E-state index is 11.0. The molecular weight excluding hydrogens is 184 g/mol. The minimum Gasteiger partial charge on any atom is -0.550 e. The second-order valence-electron chi connectivity index (χ2n) is 4.75. The molecule has 1 aliphatic rings. The highest BCUT2D eigenvalue weighted by Gasteiger charge is 2.52. The summed E-state index contributed by atoms with van der Waals surface area (Å²) in [6.07, 6.45) is 0.681. The number of hydrogen-bond donors (Lipinski definition) is 0. The summed E-state index contributed by atoms with van der Waals surface area (Å²) in [4.78, 5) is 21.8. The van der Waals surface area contributed by atoms with Gasteiger partial charge in [0.1, 0.15) is 0 Å². The summed E-state index contributed by atoms with van der Waals surface area (Å²) < 4.78 is 0. The third-order valence-electron chi connectivity index (χ3n) is 3.96. The molecular formula is C10H14O4-2. The Bertz CT molecular complexity index is 282. The van der Waals surface area contributed by atoms with Crippen LogP contribution in [0.5, 0.6) is 0 Å². The van der Waals surface area contributed by atoms with Crippen molar-refractivity contribution in [3.05, 3.63) is 0 Å². The lowest BCUT2D eigenvalue weighted by molar-refractivity contribution is -0.326. The molecule has 0 aromatic rings. The zero-order valence-electron chi connectivity index (χ0n) is 8.62. The van der Waals surface area contributed by atoms with Crippen molar-refractivity contribution in [2.75, 3.05) is 0 Å². The average Bonchev–Trinajstić information content (AvgIpc) is 2.24. The first-order valence-electron chi connectivity index (χ1n) is 4.66. The fourth-order valence-corrected chi connectivity index (χ4v) is 2.28.